The Hall–Kier alpha value is -3.23. The van der Waals surface area contributed by atoms with E-state index < -0.39 is 42.5 Å². The molecule has 0 atom stereocenters. The van der Waals surface area contributed by atoms with E-state index in [-0.39, 0.29) is 16.2 Å². The first-order chi connectivity index (χ1) is 18.8. The van der Waals surface area contributed by atoms with Gasteiger partial charge in [0.2, 0.25) is 10.0 Å². The SMILES string of the molecule is CC(C)S(=O)(=O)n1ccc(S(=O)(=O)n2nc(N3CCN(c4ncc(F)cc4F)CC34CC4)c3c(Cl)cccc32)c1. The van der Waals surface area contributed by atoms with Crippen molar-refractivity contribution < 1.29 is 25.6 Å². The van der Waals surface area contributed by atoms with Gasteiger partial charge >= 0.3 is 0 Å². The van der Waals surface area contributed by atoms with Crippen LogP contribution in [0.2, 0.25) is 5.02 Å². The summed E-state index contributed by atoms with van der Waals surface area (Å²) < 4.78 is 82.5. The number of hydrogen-bond donors (Lipinski definition) is 0. The van der Waals surface area contributed by atoms with Gasteiger partial charge in [-0.25, -0.2) is 22.2 Å². The van der Waals surface area contributed by atoms with Crippen molar-refractivity contribution in [2.45, 2.75) is 42.4 Å². The second-order valence-electron chi connectivity index (χ2n) is 10.3. The van der Waals surface area contributed by atoms with E-state index in [1.54, 1.807) is 23.1 Å². The molecule has 1 saturated carbocycles. The minimum Gasteiger partial charge on any atom is -0.350 e. The molecule has 1 aromatic carbocycles. The van der Waals surface area contributed by atoms with Crippen molar-refractivity contribution in [3.05, 3.63) is 65.6 Å². The summed E-state index contributed by atoms with van der Waals surface area (Å²) in [6, 6.07) is 6.87. The van der Waals surface area contributed by atoms with Crippen molar-refractivity contribution in [2.75, 3.05) is 29.4 Å². The first-order valence-corrected chi connectivity index (χ1v) is 15.9. The molecule has 1 aliphatic heterocycles. The van der Waals surface area contributed by atoms with E-state index in [9.17, 15) is 25.6 Å². The Morgan fingerprint density at radius 1 is 1.05 bits per heavy atom. The number of halogens is 3. The minimum absolute atomic E-state index is 0.0594. The standard InChI is InChI=1S/C25H25ClF2N6O4S2/c1-16(2)39(35,36)32-9-6-18(14-32)40(37,38)34-21-5-3-4-19(26)22(21)24(30-34)33-11-10-31(15-25(33)7-8-25)23-20(28)12-17(27)13-29-23/h3-6,9,12-14,16H,7-8,10-11,15H2,1-2H3. The lowest BCUT2D eigenvalue weighted by atomic mass is 10.1. The molecule has 1 aliphatic carbocycles. The van der Waals surface area contributed by atoms with Gasteiger partial charge in [-0.15, -0.1) is 5.10 Å². The number of fused-ring (bicyclic) bond motifs is 1. The van der Waals surface area contributed by atoms with Crippen molar-refractivity contribution in [2.24, 2.45) is 0 Å². The van der Waals surface area contributed by atoms with E-state index in [0.29, 0.717) is 35.9 Å². The minimum atomic E-state index is -4.32. The predicted molar refractivity (Wildman–Crippen MR) is 147 cm³/mol. The van der Waals surface area contributed by atoms with Crippen LogP contribution in [-0.2, 0) is 20.0 Å². The fourth-order valence-corrected chi connectivity index (χ4v) is 7.74. The van der Waals surface area contributed by atoms with Crippen molar-refractivity contribution in [1.82, 2.24) is 18.1 Å². The zero-order valence-electron chi connectivity index (χ0n) is 21.5. The van der Waals surface area contributed by atoms with Gasteiger partial charge in [0.25, 0.3) is 10.0 Å². The van der Waals surface area contributed by atoms with Gasteiger partial charge in [-0.3, -0.25) is 3.97 Å². The van der Waals surface area contributed by atoms with Crippen LogP contribution < -0.4 is 9.80 Å². The smallest absolute Gasteiger partial charge is 0.285 e. The molecule has 15 heteroatoms. The molecule has 6 rings (SSSR count). The highest BCUT2D eigenvalue weighted by Gasteiger charge is 2.53. The fraction of sp³-hybridized carbons (Fsp3) is 0.360. The van der Waals surface area contributed by atoms with Gasteiger partial charge in [0.1, 0.15) is 10.7 Å². The molecule has 4 heterocycles. The number of anilines is 2. The lowest BCUT2D eigenvalue weighted by molar-refractivity contribution is 0.489. The van der Waals surface area contributed by atoms with Crippen molar-refractivity contribution >= 4 is 54.2 Å². The summed E-state index contributed by atoms with van der Waals surface area (Å²) in [5.74, 6) is -1.09. The molecule has 0 unspecified atom stereocenters. The molecule has 2 aliphatic rings. The second-order valence-corrected chi connectivity index (χ2v) is 14.9. The third-order valence-electron chi connectivity index (χ3n) is 7.48. The van der Waals surface area contributed by atoms with E-state index in [2.05, 4.69) is 10.1 Å². The summed E-state index contributed by atoms with van der Waals surface area (Å²) in [5.41, 5.74) is -0.226. The van der Waals surface area contributed by atoms with Crippen LogP contribution in [-0.4, -0.2) is 65.4 Å². The van der Waals surface area contributed by atoms with E-state index in [0.717, 1.165) is 39.4 Å². The van der Waals surface area contributed by atoms with Gasteiger partial charge in [0.05, 0.1) is 32.9 Å². The van der Waals surface area contributed by atoms with Gasteiger partial charge in [-0.2, -0.15) is 12.5 Å². The maximum atomic E-state index is 14.5. The van der Waals surface area contributed by atoms with Crippen molar-refractivity contribution in [1.29, 1.82) is 0 Å². The van der Waals surface area contributed by atoms with Crippen LogP contribution in [0.25, 0.3) is 10.9 Å². The molecule has 10 nitrogen and oxygen atoms in total. The molecule has 1 spiro atoms. The Labute approximate surface area is 234 Å². The first-order valence-electron chi connectivity index (χ1n) is 12.5. The lowest BCUT2D eigenvalue weighted by Gasteiger charge is -2.43. The van der Waals surface area contributed by atoms with Crippen LogP contribution in [0.1, 0.15) is 26.7 Å². The van der Waals surface area contributed by atoms with Crippen LogP contribution in [0.5, 0.6) is 0 Å². The van der Waals surface area contributed by atoms with Gasteiger partial charge in [0, 0.05) is 38.1 Å². The zero-order valence-corrected chi connectivity index (χ0v) is 23.9. The van der Waals surface area contributed by atoms with Gasteiger partial charge in [-0.1, -0.05) is 17.7 Å². The number of benzene rings is 1. The molecular weight excluding hydrogens is 586 g/mol. The van der Waals surface area contributed by atoms with Crippen LogP contribution >= 0.6 is 11.6 Å². The molecule has 0 bridgehead atoms. The Morgan fingerprint density at radius 2 is 1.80 bits per heavy atom. The van der Waals surface area contributed by atoms with Gasteiger partial charge in [0.15, 0.2) is 17.5 Å². The Kier molecular flexibility index (Phi) is 6.16. The molecule has 2 fully saturated rings. The molecule has 40 heavy (non-hydrogen) atoms. The second kappa shape index (κ2) is 9.14. The molecule has 1 saturated heterocycles. The van der Waals surface area contributed by atoms with E-state index in [1.165, 1.54) is 26.1 Å². The summed E-state index contributed by atoms with van der Waals surface area (Å²) in [6.07, 6.45) is 4.72. The van der Waals surface area contributed by atoms with Gasteiger partial charge in [-0.05, 0) is 44.9 Å². The molecular formula is C25H25ClF2N6O4S2. The Bertz CT molecular complexity index is 1870. The number of hydrogen-bond acceptors (Lipinski definition) is 8. The van der Waals surface area contributed by atoms with Crippen molar-refractivity contribution in [3.63, 3.8) is 0 Å². The van der Waals surface area contributed by atoms with E-state index in [4.69, 9.17) is 11.6 Å². The highest BCUT2D eigenvalue weighted by Crippen LogP contribution is 2.49. The summed E-state index contributed by atoms with van der Waals surface area (Å²) in [4.78, 5) is 7.47. The maximum absolute atomic E-state index is 14.5. The number of nitrogens with zero attached hydrogens (tertiary/aromatic N) is 6. The summed E-state index contributed by atoms with van der Waals surface area (Å²) in [5, 5.41) is 4.53. The monoisotopic (exact) mass is 610 g/mol. The fourth-order valence-electron chi connectivity index (χ4n) is 5.17. The third kappa shape index (κ3) is 4.15. The molecule has 0 amide bonds. The lowest BCUT2D eigenvalue weighted by Crippen LogP contribution is -2.56. The largest absolute Gasteiger partial charge is 0.350 e. The van der Waals surface area contributed by atoms with Crippen LogP contribution in [0, 0.1) is 11.6 Å². The van der Waals surface area contributed by atoms with Crippen LogP contribution in [0.15, 0.2) is 53.8 Å². The summed E-state index contributed by atoms with van der Waals surface area (Å²) >= 11 is 6.60. The maximum Gasteiger partial charge on any atom is 0.285 e. The first kappa shape index (κ1) is 27.0. The normalized spacial score (nSPS) is 17.4. The summed E-state index contributed by atoms with van der Waals surface area (Å²) in [6.45, 7) is 4.08. The van der Waals surface area contributed by atoms with Crippen LogP contribution in [0.3, 0.4) is 0 Å². The average molecular weight is 611 g/mol. The molecule has 4 aromatic rings. The Balaban J connectivity index is 1.41. The summed E-state index contributed by atoms with van der Waals surface area (Å²) in [7, 11) is -8.08. The van der Waals surface area contributed by atoms with Gasteiger partial charge < -0.3 is 9.80 Å². The average Bonchev–Trinajstić information content (AvgIpc) is 3.29. The van der Waals surface area contributed by atoms with Crippen molar-refractivity contribution in [3.8, 4) is 0 Å². The topological polar surface area (TPSA) is 110 Å². The number of pyridine rings is 1. The number of aromatic nitrogens is 4. The molecule has 212 valence electrons. The zero-order chi connectivity index (χ0) is 28.6. The third-order valence-corrected chi connectivity index (χ3v) is 11.4. The van der Waals surface area contributed by atoms with E-state index in [1.807, 2.05) is 4.90 Å². The highest BCUT2D eigenvalue weighted by molar-refractivity contribution is 7.91. The number of piperazine rings is 1. The quantitative estimate of drug-likeness (QED) is 0.324. The van der Waals surface area contributed by atoms with Crippen LogP contribution in [0.4, 0.5) is 20.4 Å². The molecule has 0 N–H and O–H groups in total. The highest BCUT2D eigenvalue weighted by atomic mass is 35.5. The Morgan fingerprint density at radius 3 is 2.48 bits per heavy atom. The molecule has 3 aromatic heterocycles. The predicted octanol–water partition coefficient (Wildman–Crippen LogP) is 3.85. The number of rotatable bonds is 6. The van der Waals surface area contributed by atoms with E-state index >= 15 is 0 Å². The molecule has 0 radical (unpaired) electrons.